The van der Waals surface area contributed by atoms with Gasteiger partial charge < -0.3 is 0 Å². The van der Waals surface area contributed by atoms with Gasteiger partial charge in [0.15, 0.2) is 0 Å². The molecule has 0 nitrogen and oxygen atoms in total. The van der Waals surface area contributed by atoms with Gasteiger partial charge in [-0.1, -0.05) is 38.2 Å². The highest BCUT2D eigenvalue weighted by Crippen LogP contribution is 2.18. The Kier molecular flexibility index (Phi) is 4.60. The van der Waals surface area contributed by atoms with E-state index in [0.29, 0.717) is 0 Å². The van der Waals surface area contributed by atoms with Crippen LogP contribution in [0.15, 0.2) is 36.0 Å². The topological polar surface area (TPSA) is 0 Å². The predicted molar refractivity (Wildman–Crippen MR) is 52.6 cm³/mol. The summed E-state index contributed by atoms with van der Waals surface area (Å²) >= 11 is 0. The minimum absolute atomic E-state index is 1.12. The van der Waals surface area contributed by atoms with Gasteiger partial charge in [0.05, 0.1) is 0 Å². The number of hydrogen-bond donors (Lipinski definition) is 0. The van der Waals surface area contributed by atoms with E-state index in [2.05, 4.69) is 33.9 Å². The van der Waals surface area contributed by atoms with Crippen LogP contribution in [-0.4, -0.2) is 0 Å². The Labute approximate surface area is 70.3 Å². The van der Waals surface area contributed by atoms with Gasteiger partial charge in [0.2, 0.25) is 0 Å². The maximum atomic E-state index is 3.94. The Morgan fingerprint density at radius 1 is 1.36 bits per heavy atom. The van der Waals surface area contributed by atoms with Crippen LogP contribution < -0.4 is 0 Å². The van der Waals surface area contributed by atoms with E-state index < -0.39 is 0 Å². The van der Waals surface area contributed by atoms with Gasteiger partial charge in [0.25, 0.3) is 0 Å². The second-order valence-electron chi connectivity index (χ2n) is 2.90. The maximum Gasteiger partial charge on any atom is -0.0276 e. The van der Waals surface area contributed by atoms with Crippen molar-refractivity contribution in [3.05, 3.63) is 36.0 Å². The average Bonchev–Trinajstić information content (AvgIpc) is 1.98. The van der Waals surface area contributed by atoms with Crippen LogP contribution in [0.4, 0.5) is 0 Å². The van der Waals surface area contributed by atoms with Crippen molar-refractivity contribution in [3.8, 4) is 0 Å². The van der Waals surface area contributed by atoms with Crippen LogP contribution in [0.1, 0.15) is 33.6 Å². The molecule has 11 heavy (non-hydrogen) atoms. The third kappa shape index (κ3) is 3.22. The molecule has 0 saturated heterocycles. The van der Waals surface area contributed by atoms with Crippen LogP contribution in [0.3, 0.4) is 0 Å². The van der Waals surface area contributed by atoms with Crippen LogP contribution in [-0.2, 0) is 0 Å². The molecule has 0 aromatic carbocycles. The van der Waals surface area contributed by atoms with Gasteiger partial charge in [-0.05, 0) is 31.4 Å². The summed E-state index contributed by atoms with van der Waals surface area (Å²) in [4.78, 5) is 0. The van der Waals surface area contributed by atoms with Crippen LogP contribution in [0.25, 0.3) is 0 Å². The Morgan fingerprint density at radius 3 is 2.18 bits per heavy atom. The molecule has 0 bridgehead atoms. The summed E-state index contributed by atoms with van der Waals surface area (Å²) < 4.78 is 0. The quantitative estimate of drug-likeness (QED) is 0.534. The van der Waals surface area contributed by atoms with E-state index in [0.717, 1.165) is 6.42 Å². The predicted octanol–water partition coefficient (Wildman–Crippen LogP) is 3.87. The fourth-order valence-electron chi connectivity index (χ4n) is 1.12. The monoisotopic (exact) mass is 150 g/mol. The van der Waals surface area contributed by atoms with Crippen molar-refractivity contribution in [2.75, 3.05) is 0 Å². The zero-order chi connectivity index (χ0) is 8.85. The SMILES string of the molecule is C=C/C(C)=C(/CCC)C(=C)C. The molecule has 0 saturated carbocycles. The molecule has 0 heterocycles. The van der Waals surface area contributed by atoms with E-state index in [4.69, 9.17) is 0 Å². The summed E-state index contributed by atoms with van der Waals surface area (Å²) in [6, 6.07) is 0. The minimum atomic E-state index is 1.12. The van der Waals surface area contributed by atoms with Gasteiger partial charge in [-0.15, -0.1) is 0 Å². The molecular formula is C11H18. The summed E-state index contributed by atoms with van der Waals surface area (Å²) in [5.74, 6) is 0. The number of hydrogen-bond acceptors (Lipinski definition) is 0. The normalized spacial score (nSPS) is 12.3. The molecule has 0 unspecified atom stereocenters. The maximum absolute atomic E-state index is 3.94. The Balaban J connectivity index is 4.56. The van der Waals surface area contributed by atoms with Gasteiger partial charge >= 0.3 is 0 Å². The lowest BCUT2D eigenvalue weighted by Gasteiger charge is -2.07. The first-order valence-electron chi connectivity index (χ1n) is 4.11. The molecule has 0 aliphatic rings. The summed E-state index contributed by atoms with van der Waals surface area (Å²) in [6.45, 7) is 14.0. The van der Waals surface area contributed by atoms with Crippen molar-refractivity contribution in [1.29, 1.82) is 0 Å². The second-order valence-corrected chi connectivity index (χ2v) is 2.90. The standard InChI is InChI=1S/C11H18/c1-6-8-11(9(3)4)10(5)7-2/h7H,2-3,6,8H2,1,4-5H3/b11-10-. The first kappa shape index (κ1) is 10.2. The number of rotatable bonds is 4. The third-order valence-corrected chi connectivity index (χ3v) is 1.80. The lowest BCUT2D eigenvalue weighted by atomic mass is 9.99. The molecule has 0 N–H and O–H groups in total. The van der Waals surface area contributed by atoms with Gasteiger partial charge in [-0.3, -0.25) is 0 Å². The zero-order valence-corrected chi connectivity index (χ0v) is 7.91. The molecule has 0 aliphatic heterocycles. The van der Waals surface area contributed by atoms with Gasteiger partial charge in [0, 0.05) is 0 Å². The summed E-state index contributed by atoms with van der Waals surface area (Å²) in [7, 11) is 0. The molecule has 0 spiro atoms. The van der Waals surface area contributed by atoms with Crippen molar-refractivity contribution >= 4 is 0 Å². The van der Waals surface area contributed by atoms with Crippen molar-refractivity contribution in [1.82, 2.24) is 0 Å². The highest BCUT2D eigenvalue weighted by atomic mass is 14.0. The summed E-state index contributed by atoms with van der Waals surface area (Å²) in [5.41, 5.74) is 3.80. The molecule has 0 amide bonds. The van der Waals surface area contributed by atoms with Crippen LogP contribution in [0.2, 0.25) is 0 Å². The molecule has 0 aromatic rings. The first-order chi connectivity index (χ1) is 5.13. The molecule has 0 rings (SSSR count). The van der Waals surface area contributed by atoms with E-state index in [-0.39, 0.29) is 0 Å². The Hall–Kier alpha value is -0.780. The molecular weight excluding hydrogens is 132 g/mol. The molecule has 0 aromatic heterocycles. The fraction of sp³-hybridized carbons (Fsp3) is 0.455. The van der Waals surface area contributed by atoms with Crippen molar-refractivity contribution in [2.24, 2.45) is 0 Å². The average molecular weight is 150 g/mol. The molecule has 0 heteroatoms. The highest BCUT2D eigenvalue weighted by Gasteiger charge is 1.98. The smallest absolute Gasteiger partial charge is 0.0276 e. The lowest BCUT2D eigenvalue weighted by molar-refractivity contribution is 0.903. The van der Waals surface area contributed by atoms with Gasteiger partial charge in [0.1, 0.15) is 0 Å². The molecule has 0 radical (unpaired) electrons. The highest BCUT2D eigenvalue weighted by molar-refractivity contribution is 5.35. The molecule has 62 valence electrons. The Bertz CT molecular complexity index is 182. The van der Waals surface area contributed by atoms with Crippen LogP contribution in [0.5, 0.6) is 0 Å². The van der Waals surface area contributed by atoms with E-state index in [9.17, 15) is 0 Å². The zero-order valence-electron chi connectivity index (χ0n) is 7.91. The van der Waals surface area contributed by atoms with Gasteiger partial charge in [-0.2, -0.15) is 0 Å². The Morgan fingerprint density at radius 2 is 1.91 bits per heavy atom. The van der Waals surface area contributed by atoms with Crippen molar-refractivity contribution in [2.45, 2.75) is 33.6 Å². The van der Waals surface area contributed by atoms with Gasteiger partial charge in [-0.25, -0.2) is 0 Å². The fourth-order valence-corrected chi connectivity index (χ4v) is 1.12. The van der Waals surface area contributed by atoms with Crippen molar-refractivity contribution in [3.63, 3.8) is 0 Å². The first-order valence-corrected chi connectivity index (χ1v) is 4.11. The van der Waals surface area contributed by atoms with E-state index in [1.165, 1.54) is 23.1 Å². The minimum Gasteiger partial charge on any atom is -0.0988 e. The van der Waals surface area contributed by atoms with Crippen LogP contribution in [0, 0.1) is 0 Å². The molecule has 0 fully saturated rings. The van der Waals surface area contributed by atoms with E-state index in [1.54, 1.807) is 0 Å². The summed E-state index contributed by atoms with van der Waals surface area (Å²) in [6.07, 6.45) is 4.19. The third-order valence-electron chi connectivity index (χ3n) is 1.80. The molecule has 0 atom stereocenters. The molecule has 0 aliphatic carbocycles. The van der Waals surface area contributed by atoms with Crippen molar-refractivity contribution < 1.29 is 0 Å². The summed E-state index contributed by atoms with van der Waals surface area (Å²) in [5, 5.41) is 0. The van der Waals surface area contributed by atoms with E-state index >= 15 is 0 Å². The van der Waals surface area contributed by atoms with Crippen LogP contribution >= 0.6 is 0 Å². The lowest BCUT2D eigenvalue weighted by Crippen LogP contribution is -1.87. The second kappa shape index (κ2) is 4.95. The number of allylic oxidation sites excluding steroid dienone is 4. The largest absolute Gasteiger partial charge is 0.0988 e. The van der Waals surface area contributed by atoms with E-state index in [1.807, 2.05) is 6.08 Å².